The molecule has 0 aromatic carbocycles. The highest BCUT2D eigenvalue weighted by Gasteiger charge is 2.28. The Morgan fingerprint density at radius 1 is 1.35 bits per heavy atom. The number of hydrogen-bond donors (Lipinski definition) is 2. The van der Waals surface area contributed by atoms with E-state index < -0.39 is 0 Å². The minimum atomic E-state index is -0.0748. The molecule has 0 spiro atoms. The summed E-state index contributed by atoms with van der Waals surface area (Å²) in [5.74, 6) is 2.98. The van der Waals surface area contributed by atoms with E-state index in [-0.39, 0.29) is 5.41 Å². The minimum Gasteiger partial charge on any atom is -0.384 e. The van der Waals surface area contributed by atoms with Gasteiger partial charge in [0.05, 0.1) is 0 Å². The van der Waals surface area contributed by atoms with Gasteiger partial charge in [-0.25, -0.2) is 9.97 Å². The molecular weight excluding hydrogens is 212 g/mol. The Morgan fingerprint density at radius 2 is 2.00 bits per heavy atom. The van der Waals surface area contributed by atoms with Crippen LogP contribution in [-0.2, 0) is 5.41 Å². The maximum atomic E-state index is 5.83. The maximum absolute atomic E-state index is 5.83. The zero-order valence-corrected chi connectivity index (χ0v) is 11.1. The number of aromatic nitrogens is 2. The standard InChI is InChI=1S/C13H22N4/c1-8(9-5-6-9)15-11-7-10(14)16-12(17-11)13(2,3)4/h7-9H,5-6H2,1-4H3,(H3,14,15,16,17). The van der Waals surface area contributed by atoms with E-state index in [0.717, 1.165) is 17.6 Å². The molecule has 0 saturated heterocycles. The molecule has 1 aromatic rings. The summed E-state index contributed by atoms with van der Waals surface area (Å²) in [6.07, 6.45) is 2.64. The van der Waals surface area contributed by atoms with Crippen LogP contribution in [-0.4, -0.2) is 16.0 Å². The van der Waals surface area contributed by atoms with Crippen LogP contribution in [0.2, 0.25) is 0 Å². The van der Waals surface area contributed by atoms with Crippen molar-refractivity contribution in [2.24, 2.45) is 5.92 Å². The van der Waals surface area contributed by atoms with E-state index in [2.05, 4.69) is 43.0 Å². The molecule has 3 N–H and O–H groups in total. The lowest BCUT2D eigenvalue weighted by Gasteiger charge is -2.19. The van der Waals surface area contributed by atoms with Crippen molar-refractivity contribution in [2.45, 2.75) is 52.0 Å². The number of rotatable bonds is 3. The quantitative estimate of drug-likeness (QED) is 0.843. The fourth-order valence-corrected chi connectivity index (χ4v) is 1.82. The third-order valence-corrected chi connectivity index (χ3v) is 3.12. The van der Waals surface area contributed by atoms with E-state index in [0.29, 0.717) is 11.9 Å². The summed E-state index contributed by atoms with van der Waals surface area (Å²) in [4.78, 5) is 8.85. The lowest BCUT2D eigenvalue weighted by atomic mass is 9.96. The smallest absolute Gasteiger partial charge is 0.138 e. The lowest BCUT2D eigenvalue weighted by Crippen LogP contribution is -2.22. The summed E-state index contributed by atoms with van der Waals surface area (Å²) < 4.78 is 0. The normalized spacial score (nSPS) is 17.9. The number of nitrogens with zero attached hydrogens (tertiary/aromatic N) is 2. The van der Waals surface area contributed by atoms with Crippen molar-refractivity contribution < 1.29 is 0 Å². The summed E-state index contributed by atoms with van der Waals surface area (Å²) in [7, 11) is 0. The van der Waals surface area contributed by atoms with Gasteiger partial charge in [-0.15, -0.1) is 0 Å². The second kappa shape index (κ2) is 4.17. The van der Waals surface area contributed by atoms with Crippen LogP contribution in [0.4, 0.5) is 11.6 Å². The summed E-state index contributed by atoms with van der Waals surface area (Å²) in [6.45, 7) is 8.48. The Bertz CT molecular complexity index is 404. The summed E-state index contributed by atoms with van der Waals surface area (Å²) in [5.41, 5.74) is 5.76. The van der Waals surface area contributed by atoms with Crippen molar-refractivity contribution in [3.8, 4) is 0 Å². The zero-order chi connectivity index (χ0) is 12.6. The predicted octanol–water partition coefficient (Wildman–Crippen LogP) is 2.57. The van der Waals surface area contributed by atoms with E-state index in [9.17, 15) is 0 Å². The van der Waals surface area contributed by atoms with Gasteiger partial charge in [0.15, 0.2) is 0 Å². The van der Waals surface area contributed by atoms with Crippen LogP contribution in [0, 0.1) is 5.92 Å². The fraction of sp³-hybridized carbons (Fsp3) is 0.692. The number of anilines is 2. The first-order chi connectivity index (χ1) is 7.86. The molecule has 2 rings (SSSR count). The van der Waals surface area contributed by atoms with E-state index in [1.54, 1.807) is 0 Å². The highest BCUT2D eigenvalue weighted by molar-refractivity contribution is 5.46. The second-order valence-corrected chi connectivity index (χ2v) is 6.02. The third kappa shape index (κ3) is 3.08. The average Bonchev–Trinajstić information content (AvgIpc) is 2.97. The molecule has 0 radical (unpaired) electrons. The van der Waals surface area contributed by atoms with Gasteiger partial charge in [0.2, 0.25) is 0 Å². The number of nitrogen functional groups attached to an aromatic ring is 1. The first-order valence-corrected chi connectivity index (χ1v) is 6.28. The molecule has 0 aliphatic heterocycles. The van der Waals surface area contributed by atoms with Gasteiger partial charge < -0.3 is 11.1 Å². The largest absolute Gasteiger partial charge is 0.384 e. The van der Waals surface area contributed by atoms with Crippen LogP contribution in [0.3, 0.4) is 0 Å². The van der Waals surface area contributed by atoms with Crippen molar-refractivity contribution in [3.05, 3.63) is 11.9 Å². The molecule has 1 aromatic heterocycles. The van der Waals surface area contributed by atoms with Crippen LogP contribution in [0.5, 0.6) is 0 Å². The molecule has 17 heavy (non-hydrogen) atoms. The average molecular weight is 234 g/mol. The molecule has 0 bridgehead atoms. The van der Waals surface area contributed by atoms with Gasteiger partial charge in [0.25, 0.3) is 0 Å². The Labute approximate surface area is 103 Å². The van der Waals surface area contributed by atoms with Gasteiger partial charge in [0.1, 0.15) is 17.5 Å². The van der Waals surface area contributed by atoms with Crippen LogP contribution >= 0.6 is 0 Å². The predicted molar refractivity (Wildman–Crippen MR) is 71.0 cm³/mol. The van der Waals surface area contributed by atoms with Crippen LogP contribution in [0.15, 0.2) is 6.07 Å². The molecule has 1 unspecified atom stereocenters. The molecule has 1 saturated carbocycles. The molecular formula is C13H22N4. The van der Waals surface area contributed by atoms with E-state index in [1.165, 1.54) is 12.8 Å². The molecule has 4 nitrogen and oxygen atoms in total. The summed E-state index contributed by atoms with van der Waals surface area (Å²) in [6, 6.07) is 2.28. The molecule has 1 aliphatic carbocycles. The number of nitrogens with one attached hydrogen (secondary N) is 1. The zero-order valence-electron chi connectivity index (χ0n) is 11.1. The highest BCUT2D eigenvalue weighted by Crippen LogP contribution is 2.34. The van der Waals surface area contributed by atoms with Crippen LogP contribution in [0.25, 0.3) is 0 Å². The summed E-state index contributed by atoms with van der Waals surface area (Å²) >= 11 is 0. The molecule has 0 amide bonds. The van der Waals surface area contributed by atoms with Gasteiger partial charge in [-0.2, -0.15) is 0 Å². The SMILES string of the molecule is CC(Nc1cc(N)nc(C(C)(C)C)n1)C1CC1. The third-order valence-electron chi connectivity index (χ3n) is 3.12. The Hall–Kier alpha value is -1.32. The monoisotopic (exact) mass is 234 g/mol. The Morgan fingerprint density at radius 3 is 2.53 bits per heavy atom. The molecule has 1 aliphatic rings. The van der Waals surface area contributed by atoms with Crippen molar-refractivity contribution in [3.63, 3.8) is 0 Å². The Kier molecular flexibility index (Phi) is 2.98. The van der Waals surface area contributed by atoms with Gasteiger partial charge in [-0.3, -0.25) is 0 Å². The second-order valence-electron chi connectivity index (χ2n) is 6.02. The van der Waals surface area contributed by atoms with Gasteiger partial charge in [-0.1, -0.05) is 20.8 Å². The van der Waals surface area contributed by atoms with E-state index >= 15 is 0 Å². The molecule has 1 fully saturated rings. The Balaban J connectivity index is 2.19. The molecule has 4 heteroatoms. The van der Waals surface area contributed by atoms with Crippen LogP contribution in [0.1, 0.15) is 46.4 Å². The van der Waals surface area contributed by atoms with Crippen LogP contribution < -0.4 is 11.1 Å². The van der Waals surface area contributed by atoms with Gasteiger partial charge in [0, 0.05) is 17.5 Å². The first kappa shape index (κ1) is 12.1. The van der Waals surface area contributed by atoms with Crippen molar-refractivity contribution in [2.75, 3.05) is 11.1 Å². The minimum absolute atomic E-state index is 0.0748. The van der Waals surface area contributed by atoms with E-state index in [1.807, 2.05) is 6.07 Å². The molecule has 1 heterocycles. The van der Waals surface area contributed by atoms with Crippen molar-refractivity contribution in [1.82, 2.24) is 9.97 Å². The molecule has 1 atom stereocenters. The van der Waals surface area contributed by atoms with Gasteiger partial charge in [-0.05, 0) is 25.7 Å². The topological polar surface area (TPSA) is 63.8 Å². The maximum Gasteiger partial charge on any atom is 0.138 e. The van der Waals surface area contributed by atoms with Crippen molar-refractivity contribution in [1.29, 1.82) is 0 Å². The lowest BCUT2D eigenvalue weighted by molar-refractivity contribution is 0.546. The highest BCUT2D eigenvalue weighted by atomic mass is 15.1. The first-order valence-electron chi connectivity index (χ1n) is 6.28. The number of hydrogen-bond acceptors (Lipinski definition) is 4. The summed E-state index contributed by atoms with van der Waals surface area (Å²) in [5, 5.41) is 3.43. The van der Waals surface area contributed by atoms with Gasteiger partial charge >= 0.3 is 0 Å². The van der Waals surface area contributed by atoms with Crippen molar-refractivity contribution >= 4 is 11.6 Å². The number of nitrogens with two attached hydrogens (primary N) is 1. The molecule has 94 valence electrons. The van der Waals surface area contributed by atoms with E-state index in [4.69, 9.17) is 5.73 Å². The fourth-order valence-electron chi connectivity index (χ4n) is 1.82.